The zero-order chi connectivity index (χ0) is 13.2. The smallest absolute Gasteiger partial charge is 0.00509 e. The molecule has 2 nitrogen and oxygen atoms in total. The number of piperidine rings is 1. The highest BCUT2D eigenvalue weighted by Crippen LogP contribution is 2.19. The molecule has 18 heavy (non-hydrogen) atoms. The monoisotopic (exact) mass is 254 g/mol. The molecule has 1 heterocycles. The van der Waals surface area contributed by atoms with Crippen LogP contribution in [-0.2, 0) is 0 Å². The normalized spacial score (nSPS) is 23.2. The summed E-state index contributed by atoms with van der Waals surface area (Å²) in [5, 5.41) is 0. The largest absolute Gasteiger partial charge is 0.328 e. The summed E-state index contributed by atoms with van der Waals surface area (Å²) in [7, 11) is 0. The Labute approximate surface area is 114 Å². The van der Waals surface area contributed by atoms with E-state index in [0.717, 1.165) is 5.92 Å². The predicted octanol–water partition coefficient (Wildman–Crippen LogP) is 3.80. The standard InChI is InChI=1S/C16H34N2/c1-3-4-5-6-7-8-9-12-18-13-10-11-16(14-18)15(2)17/h15-16H,3-14,17H2,1-2H3. The maximum atomic E-state index is 6.03. The van der Waals surface area contributed by atoms with Crippen LogP contribution in [0.2, 0.25) is 0 Å². The number of hydrogen-bond donors (Lipinski definition) is 1. The van der Waals surface area contributed by atoms with Crippen molar-refractivity contribution in [2.75, 3.05) is 19.6 Å². The number of rotatable bonds is 9. The van der Waals surface area contributed by atoms with E-state index in [-0.39, 0.29) is 0 Å². The molecule has 2 unspecified atom stereocenters. The molecule has 2 N–H and O–H groups in total. The molecule has 2 heteroatoms. The van der Waals surface area contributed by atoms with E-state index in [1.807, 2.05) is 0 Å². The molecule has 0 aliphatic carbocycles. The molecule has 0 saturated carbocycles. The van der Waals surface area contributed by atoms with Crippen LogP contribution < -0.4 is 5.73 Å². The Kier molecular flexibility index (Phi) is 8.70. The summed E-state index contributed by atoms with van der Waals surface area (Å²) in [5.74, 6) is 0.739. The minimum atomic E-state index is 0.377. The van der Waals surface area contributed by atoms with E-state index in [9.17, 15) is 0 Å². The lowest BCUT2D eigenvalue weighted by molar-refractivity contribution is 0.158. The lowest BCUT2D eigenvalue weighted by Gasteiger charge is -2.34. The van der Waals surface area contributed by atoms with Crippen molar-refractivity contribution in [2.24, 2.45) is 11.7 Å². The highest BCUT2D eigenvalue weighted by molar-refractivity contribution is 4.78. The Balaban J connectivity index is 1.98. The van der Waals surface area contributed by atoms with Gasteiger partial charge >= 0.3 is 0 Å². The Morgan fingerprint density at radius 2 is 1.78 bits per heavy atom. The van der Waals surface area contributed by atoms with Crippen molar-refractivity contribution in [3.63, 3.8) is 0 Å². The summed E-state index contributed by atoms with van der Waals surface area (Å²) in [4.78, 5) is 2.64. The molecule has 0 spiro atoms. The molecule has 0 aromatic rings. The van der Waals surface area contributed by atoms with Crippen LogP contribution in [0.3, 0.4) is 0 Å². The average molecular weight is 254 g/mol. The van der Waals surface area contributed by atoms with Gasteiger partial charge in [0.25, 0.3) is 0 Å². The highest BCUT2D eigenvalue weighted by atomic mass is 15.1. The van der Waals surface area contributed by atoms with Gasteiger partial charge in [0.05, 0.1) is 0 Å². The first kappa shape index (κ1) is 16.0. The maximum Gasteiger partial charge on any atom is 0.00509 e. The van der Waals surface area contributed by atoms with E-state index in [1.165, 1.54) is 77.4 Å². The molecule has 1 rings (SSSR count). The first-order valence-electron chi connectivity index (χ1n) is 8.22. The summed E-state index contributed by atoms with van der Waals surface area (Å²) < 4.78 is 0. The van der Waals surface area contributed by atoms with E-state index in [0.29, 0.717) is 6.04 Å². The lowest BCUT2D eigenvalue weighted by Crippen LogP contribution is -2.42. The fourth-order valence-corrected chi connectivity index (χ4v) is 3.02. The van der Waals surface area contributed by atoms with E-state index in [1.54, 1.807) is 0 Å². The van der Waals surface area contributed by atoms with Gasteiger partial charge in [-0.2, -0.15) is 0 Å². The van der Waals surface area contributed by atoms with Gasteiger partial charge in [0.15, 0.2) is 0 Å². The second-order valence-corrected chi connectivity index (χ2v) is 6.18. The first-order valence-corrected chi connectivity index (χ1v) is 8.22. The molecule has 0 bridgehead atoms. The van der Waals surface area contributed by atoms with Gasteiger partial charge in [-0.05, 0) is 45.2 Å². The van der Waals surface area contributed by atoms with Crippen molar-refractivity contribution in [3.8, 4) is 0 Å². The molecule has 1 fully saturated rings. The summed E-state index contributed by atoms with van der Waals surface area (Å²) >= 11 is 0. The van der Waals surface area contributed by atoms with Gasteiger partial charge in [0.1, 0.15) is 0 Å². The van der Waals surface area contributed by atoms with Gasteiger partial charge < -0.3 is 10.6 Å². The molecule has 1 aliphatic rings. The van der Waals surface area contributed by atoms with Crippen LogP contribution in [0, 0.1) is 5.92 Å². The number of likely N-dealkylation sites (tertiary alicyclic amines) is 1. The van der Waals surface area contributed by atoms with Crippen LogP contribution in [0.5, 0.6) is 0 Å². The van der Waals surface area contributed by atoms with Gasteiger partial charge in [-0.3, -0.25) is 0 Å². The number of nitrogens with two attached hydrogens (primary N) is 1. The van der Waals surface area contributed by atoms with Crippen LogP contribution in [0.15, 0.2) is 0 Å². The highest BCUT2D eigenvalue weighted by Gasteiger charge is 2.21. The van der Waals surface area contributed by atoms with Crippen molar-refractivity contribution in [3.05, 3.63) is 0 Å². The lowest BCUT2D eigenvalue weighted by atomic mass is 9.92. The van der Waals surface area contributed by atoms with Gasteiger partial charge in [-0.15, -0.1) is 0 Å². The molecular weight excluding hydrogens is 220 g/mol. The van der Waals surface area contributed by atoms with Crippen molar-refractivity contribution in [1.29, 1.82) is 0 Å². The molecule has 0 amide bonds. The minimum Gasteiger partial charge on any atom is -0.328 e. The van der Waals surface area contributed by atoms with E-state index in [4.69, 9.17) is 5.73 Å². The third kappa shape index (κ3) is 6.75. The fourth-order valence-electron chi connectivity index (χ4n) is 3.02. The van der Waals surface area contributed by atoms with Crippen LogP contribution in [0.4, 0.5) is 0 Å². The van der Waals surface area contributed by atoms with Gasteiger partial charge in [0.2, 0.25) is 0 Å². The van der Waals surface area contributed by atoms with Crippen molar-refractivity contribution < 1.29 is 0 Å². The van der Waals surface area contributed by atoms with Crippen LogP contribution >= 0.6 is 0 Å². The molecule has 1 aliphatic heterocycles. The molecule has 108 valence electrons. The maximum absolute atomic E-state index is 6.03. The molecule has 0 radical (unpaired) electrons. The van der Waals surface area contributed by atoms with E-state index < -0.39 is 0 Å². The molecule has 0 aromatic heterocycles. The molecule has 2 atom stereocenters. The molecular formula is C16H34N2. The zero-order valence-corrected chi connectivity index (χ0v) is 12.7. The van der Waals surface area contributed by atoms with Gasteiger partial charge in [-0.25, -0.2) is 0 Å². The second kappa shape index (κ2) is 9.80. The third-order valence-electron chi connectivity index (χ3n) is 4.36. The number of nitrogens with zero attached hydrogens (tertiary/aromatic N) is 1. The van der Waals surface area contributed by atoms with Gasteiger partial charge in [0, 0.05) is 12.6 Å². The zero-order valence-electron chi connectivity index (χ0n) is 12.7. The third-order valence-corrected chi connectivity index (χ3v) is 4.36. The number of unbranched alkanes of at least 4 members (excludes halogenated alkanes) is 6. The molecule has 0 aromatic carbocycles. The summed E-state index contributed by atoms with van der Waals surface area (Å²) in [6, 6.07) is 0.377. The number of hydrogen-bond acceptors (Lipinski definition) is 2. The summed E-state index contributed by atoms with van der Waals surface area (Å²) in [6.45, 7) is 8.30. The Morgan fingerprint density at radius 1 is 1.11 bits per heavy atom. The molecule has 1 saturated heterocycles. The van der Waals surface area contributed by atoms with Crippen molar-refractivity contribution >= 4 is 0 Å². The van der Waals surface area contributed by atoms with Crippen LogP contribution in [0.1, 0.15) is 71.6 Å². The Morgan fingerprint density at radius 3 is 2.44 bits per heavy atom. The second-order valence-electron chi connectivity index (χ2n) is 6.18. The fraction of sp³-hybridized carbons (Fsp3) is 1.00. The average Bonchev–Trinajstić information content (AvgIpc) is 2.38. The Hall–Kier alpha value is -0.0800. The predicted molar refractivity (Wildman–Crippen MR) is 80.8 cm³/mol. The van der Waals surface area contributed by atoms with Gasteiger partial charge in [-0.1, -0.05) is 45.4 Å². The summed E-state index contributed by atoms with van der Waals surface area (Å²) in [6.07, 6.45) is 12.6. The Bertz CT molecular complexity index is 192. The van der Waals surface area contributed by atoms with Crippen LogP contribution in [-0.4, -0.2) is 30.6 Å². The van der Waals surface area contributed by atoms with Crippen molar-refractivity contribution in [2.45, 2.75) is 77.7 Å². The van der Waals surface area contributed by atoms with Crippen molar-refractivity contribution in [1.82, 2.24) is 4.90 Å². The first-order chi connectivity index (χ1) is 8.74. The summed E-state index contributed by atoms with van der Waals surface area (Å²) in [5.41, 5.74) is 6.03. The van der Waals surface area contributed by atoms with Crippen LogP contribution in [0.25, 0.3) is 0 Å². The minimum absolute atomic E-state index is 0.377. The quantitative estimate of drug-likeness (QED) is 0.634. The van der Waals surface area contributed by atoms with E-state index in [2.05, 4.69) is 18.7 Å². The van der Waals surface area contributed by atoms with E-state index >= 15 is 0 Å². The SMILES string of the molecule is CCCCCCCCCN1CCCC(C(C)N)C1. The topological polar surface area (TPSA) is 29.3 Å².